The van der Waals surface area contributed by atoms with Crippen molar-refractivity contribution in [1.82, 2.24) is 43.6 Å². The average molecular weight is 1560 g/mol. The van der Waals surface area contributed by atoms with Gasteiger partial charge < -0.3 is 0 Å². The van der Waals surface area contributed by atoms with Crippen LogP contribution in [0.1, 0.15) is 11.4 Å². The van der Waals surface area contributed by atoms with Gasteiger partial charge >= 0.3 is 0 Å². The second-order valence-corrected chi connectivity index (χ2v) is 34.2. The maximum atomic E-state index is 5.35. The minimum absolute atomic E-state index is 0.707. The van der Waals surface area contributed by atoms with Crippen molar-refractivity contribution in [1.29, 1.82) is 0 Å². The molecule has 0 saturated carbocycles. The molecule has 24 aromatic rings. The fourth-order valence-electron chi connectivity index (χ4n) is 16.2. The number of hydrogen-bond acceptors (Lipinski definition) is 12. The van der Waals surface area contributed by atoms with E-state index in [1.807, 2.05) is 117 Å². The van der Waals surface area contributed by atoms with Crippen molar-refractivity contribution in [2.45, 2.75) is 13.8 Å². The molecule has 0 atom stereocenters. The number of hydrogen-bond donors (Lipinski definition) is 0. The molecule has 12 aromatic heterocycles. The van der Waals surface area contributed by atoms with E-state index in [2.05, 4.69) is 313 Å². The molecule has 0 unspecified atom stereocenters. The van der Waals surface area contributed by atoms with Crippen molar-refractivity contribution < 1.29 is 0 Å². The number of benzene rings is 12. The Labute approximate surface area is 671 Å². The first-order chi connectivity index (χ1) is 55.9. The van der Waals surface area contributed by atoms with Crippen LogP contribution in [0.15, 0.2) is 334 Å². The molecule has 0 bridgehead atoms. The third kappa shape index (κ3) is 11.2. The van der Waals surface area contributed by atoms with Crippen LogP contribution in [0.2, 0.25) is 0 Å². The van der Waals surface area contributed by atoms with Crippen LogP contribution in [-0.2, 0) is 0 Å². The fraction of sp³-hybridized carbons (Fsp3) is 0.0204. The van der Waals surface area contributed by atoms with Crippen LogP contribution in [0.3, 0.4) is 0 Å². The summed E-state index contributed by atoms with van der Waals surface area (Å²) in [5.74, 6) is 2.20. The van der Waals surface area contributed by atoms with E-state index in [0.717, 1.165) is 90.6 Å². The number of aryl methyl sites for hydroxylation is 2. The van der Waals surface area contributed by atoms with Gasteiger partial charge in [-0.1, -0.05) is 291 Å². The lowest BCUT2D eigenvalue weighted by atomic mass is 10.0. The number of nitrogens with zero attached hydrogens (tertiary/aromatic N) is 9. The van der Waals surface area contributed by atoms with Gasteiger partial charge in [0.2, 0.25) is 5.95 Å². The number of rotatable bonds is 9. The van der Waals surface area contributed by atoms with E-state index in [-0.39, 0.29) is 0 Å². The lowest BCUT2D eigenvalue weighted by Crippen LogP contribution is -2.06. The molecule has 12 heterocycles. The maximum absolute atomic E-state index is 5.35. The van der Waals surface area contributed by atoms with Gasteiger partial charge in [0.25, 0.3) is 0 Å². The molecule has 113 heavy (non-hydrogen) atoms. The SMILES string of the molecule is Cc1nc(-c2ccccc2)nc(C)c1-n1c2sc3ccccc3c2c2c3ccccc3sc21.c1ccc(-c2cc(-c3ccccc3)nc(-n3c4sc5ccccc5c4c4c5ccccc5sc43)n2)cc1.c1ccc(-c2nc(-c3ccccc3)c(-n3c4sc5ccccc5c4c4c5ccccc5sc43)c(-c3ccccc3)n2)cc1. The first kappa shape index (κ1) is 67.0. The Hall–Kier alpha value is -13.0. The van der Waals surface area contributed by atoms with Crippen molar-refractivity contribution in [2.75, 3.05) is 0 Å². The zero-order chi connectivity index (χ0) is 74.8. The summed E-state index contributed by atoms with van der Waals surface area (Å²) >= 11 is 11.0. The van der Waals surface area contributed by atoms with Crippen LogP contribution >= 0.6 is 68.0 Å². The quantitative estimate of drug-likeness (QED) is 0.143. The summed E-state index contributed by atoms with van der Waals surface area (Å²) in [7, 11) is 0. The summed E-state index contributed by atoms with van der Waals surface area (Å²) < 4.78 is 14.9. The molecule has 0 N–H and O–H groups in total. The molecule has 9 nitrogen and oxygen atoms in total. The van der Waals surface area contributed by atoms with E-state index in [9.17, 15) is 0 Å². The van der Waals surface area contributed by atoms with E-state index in [4.69, 9.17) is 29.9 Å². The fourth-order valence-corrected chi connectivity index (χ4v) is 23.7. The predicted octanol–water partition coefficient (Wildman–Crippen LogP) is 28.6. The summed E-state index contributed by atoms with van der Waals surface area (Å²) in [5, 5.41) is 15.7. The molecular formula is C98H61N9S6. The Bertz CT molecular complexity index is 7420. The second-order valence-electron chi connectivity index (χ2n) is 28.0. The normalized spacial score (nSPS) is 11.8. The van der Waals surface area contributed by atoms with Gasteiger partial charge in [-0.3, -0.25) is 13.7 Å². The first-order valence-electron chi connectivity index (χ1n) is 37.4. The summed E-state index contributed by atoms with van der Waals surface area (Å²) in [6.45, 7) is 4.21. The van der Waals surface area contributed by atoms with Crippen LogP contribution in [0, 0.1) is 13.8 Å². The third-order valence-corrected chi connectivity index (χ3v) is 28.1. The maximum Gasteiger partial charge on any atom is 0.237 e. The van der Waals surface area contributed by atoms with Crippen LogP contribution in [0.4, 0.5) is 0 Å². The zero-order valence-corrected chi connectivity index (χ0v) is 65.6. The van der Waals surface area contributed by atoms with Crippen molar-refractivity contribution in [3.05, 3.63) is 345 Å². The summed E-state index contributed by atoms with van der Waals surface area (Å²) in [6, 6.07) is 117. The Balaban J connectivity index is 0.000000105. The van der Waals surface area contributed by atoms with E-state index in [1.165, 1.54) is 122 Å². The highest BCUT2D eigenvalue weighted by Crippen LogP contribution is 2.53. The molecule has 0 aliphatic rings. The molecule has 534 valence electrons. The van der Waals surface area contributed by atoms with Gasteiger partial charge in [0.15, 0.2) is 11.6 Å². The van der Waals surface area contributed by atoms with E-state index >= 15 is 0 Å². The number of thiophene rings is 6. The van der Waals surface area contributed by atoms with Gasteiger partial charge in [-0.15, -0.1) is 68.0 Å². The van der Waals surface area contributed by atoms with Gasteiger partial charge in [-0.25, -0.2) is 29.9 Å². The van der Waals surface area contributed by atoms with E-state index in [0.29, 0.717) is 5.95 Å². The van der Waals surface area contributed by atoms with Crippen molar-refractivity contribution in [3.63, 3.8) is 0 Å². The zero-order valence-electron chi connectivity index (χ0n) is 60.7. The molecule has 0 radical (unpaired) electrons. The van der Waals surface area contributed by atoms with E-state index < -0.39 is 0 Å². The molecule has 0 saturated heterocycles. The highest BCUT2D eigenvalue weighted by molar-refractivity contribution is 7.30. The standard InChI is InChI=1S/C38H23N3S2.C32H19N3S2.C28H19N3S2/c1-4-14-24(15-5-1)33-35(34(25-16-6-2-7-17-25)40-36(39-33)26-18-8-3-9-19-26)41-37-31(27-20-10-12-22-29(27)42-37)32-28-21-11-13-23-30(28)43-38(32)41;1-3-11-20(12-4-1)24-19-25(21-13-5-2-6-14-21)34-32(33-24)35-30-28(22-15-7-9-17-26(22)36-30)29-23-16-8-10-18-27(23)37-31(29)35;1-16-25(17(2)30-26(29-16)18-10-4-3-5-11-18)31-27-23(19-12-6-8-14-21(19)32-27)24-20-13-7-9-15-22(20)33-28(24)31/h1-23H;1-19H;3-15H,1-2H3. The Morgan fingerprint density at radius 3 is 0.735 bits per heavy atom. The van der Waals surface area contributed by atoms with Crippen LogP contribution < -0.4 is 0 Å². The topological polar surface area (TPSA) is 92.1 Å². The number of fused-ring (bicyclic) bond motifs is 21. The molecule has 12 aromatic carbocycles. The monoisotopic (exact) mass is 1560 g/mol. The van der Waals surface area contributed by atoms with Crippen molar-refractivity contribution >= 4 is 190 Å². The highest BCUT2D eigenvalue weighted by atomic mass is 32.1. The minimum Gasteiger partial charge on any atom is -0.288 e. The molecule has 0 spiro atoms. The molecule has 15 heteroatoms. The second kappa shape index (κ2) is 27.5. The van der Waals surface area contributed by atoms with Gasteiger partial charge in [0.1, 0.15) is 34.7 Å². The Morgan fingerprint density at radius 1 is 0.212 bits per heavy atom. The third-order valence-electron chi connectivity index (χ3n) is 21.2. The van der Waals surface area contributed by atoms with Crippen LogP contribution in [0.5, 0.6) is 0 Å². The smallest absolute Gasteiger partial charge is 0.237 e. The lowest BCUT2D eigenvalue weighted by molar-refractivity contribution is 0.997. The van der Waals surface area contributed by atoms with Crippen LogP contribution in [0.25, 0.3) is 207 Å². The molecule has 24 rings (SSSR count). The minimum atomic E-state index is 0.707. The molecular weight excluding hydrogens is 1500 g/mol. The average Bonchev–Trinajstić information content (AvgIpc) is 1.55. The van der Waals surface area contributed by atoms with E-state index in [1.54, 1.807) is 0 Å². The molecule has 0 fully saturated rings. The summed E-state index contributed by atoms with van der Waals surface area (Å²) in [5.41, 5.74) is 14.1. The van der Waals surface area contributed by atoms with Gasteiger partial charge in [-0.05, 0) is 56.3 Å². The summed E-state index contributed by atoms with van der Waals surface area (Å²) in [4.78, 5) is 38.3. The first-order valence-corrected chi connectivity index (χ1v) is 42.3. The number of aromatic nitrogens is 9. The molecule has 0 aliphatic carbocycles. The predicted molar refractivity (Wildman–Crippen MR) is 484 cm³/mol. The van der Waals surface area contributed by atoms with Crippen molar-refractivity contribution in [2.24, 2.45) is 0 Å². The van der Waals surface area contributed by atoms with Gasteiger partial charge in [0.05, 0.1) is 39.9 Å². The van der Waals surface area contributed by atoms with Crippen molar-refractivity contribution in [3.8, 4) is 85.1 Å². The van der Waals surface area contributed by atoms with Gasteiger partial charge in [0, 0.05) is 126 Å². The highest BCUT2D eigenvalue weighted by Gasteiger charge is 2.30. The lowest BCUT2D eigenvalue weighted by Gasteiger charge is -2.18. The summed E-state index contributed by atoms with van der Waals surface area (Å²) in [6.07, 6.45) is 0. The molecule has 0 aliphatic heterocycles. The molecule has 0 amide bonds. The largest absolute Gasteiger partial charge is 0.288 e. The van der Waals surface area contributed by atoms with Gasteiger partial charge in [-0.2, -0.15) is 0 Å². The van der Waals surface area contributed by atoms with Crippen LogP contribution in [-0.4, -0.2) is 43.6 Å². The Kier molecular flexibility index (Phi) is 16.3. The Morgan fingerprint density at radius 2 is 0.442 bits per heavy atom.